The summed E-state index contributed by atoms with van der Waals surface area (Å²) in [5, 5.41) is 12.3. The van der Waals surface area contributed by atoms with Crippen LogP contribution in [0.4, 0.5) is 0 Å². The van der Waals surface area contributed by atoms with Gasteiger partial charge in [-0.05, 0) is 19.9 Å². The van der Waals surface area contributed by atoms with E-state index in [1.54, 1.807) is 27.0 Å². The third-order valence-electron chi connectivity index (χ3n) is 3.48. The molecule has 0 saturated carbocycles. The van der Waals surface area contributed by atoms with Gasteiger partial charge in [-0.2, -0.15) is 0 Å². The molecule has 26 heavy (non-hydrogen) atoms. The van der Waals surface area contributed by atoms with Crippen LogP contribution in [0.1, 0.15) is 25.5 Å². The molecule has 0 bridgehead atoms. The number of aliphatic imine (C=N–C) groups is 1. The second-order valence-corrected chi connectivity index (χ2v) is 6.11. The number of nitrogens with one attached hydrogen (secondary N) is 1. The Bertz CT molecular complexity index is 736. The minimum Gasteiger partial charge on any atom is -0.496 e. The third-order valence-corrected chi connectivity index (χ3v) is 4.35. The lowest BCUT2D eigenvalue weighted by Crippen LogP contribution is -2.31. The van der Waals surface area contributed by atoms with Crippen molar-refractivity contribution >= 4 is 41.3 Å². The number of carboxylic acids is 1. The van der Waals surface area contributed by atoms with Crippen LogP contribution >= 0.6 is 24.2 Å². The van der Waals surface area contributed by atoms with Gasteiger partial charge in [-0.25, -0.2) is 9.79 Å². The predicted octanol–water partition coefficient (Wildman–Crippen LogP) is 2.77. The lowest BCUT2D eigenvalue weighted by atomic mass is 9.96. The van der Waals surface area contributed by atoms with Gasteiger partial charge in [0.25, 0.3) is 0 Å². The fourth-order valence-electron chi connectivity index (χ4n) is 2.44. The van der Waals surface area contributed by atoms with E-state index in [9.17, 15) is 9.59 Å². The number of benzene rings is 1. The maximum atomic E-state index is 12.4. The van der Waals surface area contributed by atoms with Crippen molar-refractivity contribution in [3.63, 3.8) is 0 Å². The summed E-state index contributed by atoms with van der Waals surface area (Å²) in [4.78, 5) is 27.8. The van der Waals surface area contributed by atoms with Crippen molar-refractivity contribution < 1.29 is 24.2 Å². The Morgan fingerprint density at radius 2 is 2.04 bits per heavy atom. The summed E-state index contributed by atoms with van der Waals surface area (Å²) in [5.41, 5.74) is 1.67. The number of nitrogens with zero attached hydrogens (tertiary/aromatic N) is 1. The zero-order valence-electron chi connectivity index (χ0n) is 14.6. The number of hydrogen-bond acceptors (Lipinski definition) is 7. The van der Waals surface area contributed by atoms with Gasteiger partial charge in [0, 0.05) is 11.3 Å². The van der Waals surface area contributed by atoms with Gasteiger partial charge in [0.15, 0.2) is 5.17 Å². The molecule has 0 saturated heterocycles. The van der Waals surface area contributed by atoms with Gasteiger partial charge < -0.3 is 19.9 Å². The fraction of sp³-hybridized carbons (Fsp3) is 0.353. The maximum Gasteiger partial charge on any atom is 0.338 e. The first kappa shape index (κ1) is 21.9. The summed E-state index contributed by atoms with van der Waals surface area (Å²) < 4.78 is 10.6. The number of carbonyl (C=O) groups excluding carboxylic acids is 1. The number of allylic oxidation sites excluding steroid dienone is 1. The van der Waals surface area contributed by atoms with E-state index in [0.29, 0.717) is 27.8 Å². The average molecular weight is 401 g/mol. The molecule has 2 rings (SSSR count). The molecule has 2 N–H and O–H groups in total. The summed E-state index contributed by atoms with van der Waals surface area (Å²) in [6.07, 6.45) is 0. The number of carboxylic acid groups (broad SMARTS) is 1. The number of ether oxygens (including phenoxy) is 2. The van der Waals surface area contributed by atoms with Crippen LogP contribution in [0.15, 0.2) is 40.5 Å². The van der Waals surface area contributed by atoms with Gasteiger partial charge in [-0.15, -0.1) is 12.4 Å². The maximum absolute atomic E-state index is 12.4. The van der Waals surface area contributed by atoms with E-state index in [4.69, 9.17) is 14.6 Å². The summed E-state index contributed by atoms with van der Waals surface area (Å²) in [7, 11) is 1.55. The first-order chi connectivity index (χ1) is 12.0. The lowest BCUT2D eigenvalue weighted by molar-refractivity contribution is -0.139. The Morgan fingerprint density at radius 1 is 1.35 bits per heavy atom. The number of methoxy groups -OCH3 is 1. The Hall–Kier alpha value is -2.19. The topological polar surface area (TPSA) is 97.2 Å². The highest BCUT2D eigenvalue weighted by molar-refractivity contribution is 8.14. The number of halogens is 1. The minimum absolute atomic E-state index is 0. The molecule has 0 fully saturated rings. The van der Waals surface area contributed by atoms with Crippen LogP contribution in [0.2, 0.25) is 0 Å². The van der Waals surface area contributed by atoms with Crippen LogP contribution < -0.4 is 10.1 Å². The monoisotopic (exact) mass is 400 g/mol. The van der Waals surface area contributed by atoms with E-state index in [-0.39, 0.29) is 24.8 Å². The molecule has 1 unspecified atom stereocenters. The summed E-state index contributed by atoms with van der Waals surface area (Å²) in [6, 6.07) is 6.64. The Balaban J connectivity index is 0.00000338. The van der Waals surface area contributed by atoms with Crippen LogP contribution in [0.3, 0.4) is 0 Å². The molecule has 1 aliphatic rings. The van der Waals surface area contributed by atoms with Crippen molar-refractivity contribution in [3.8, 4) is 5.75 Å². The molecule has 7 nitrogen and oxygen atoms in total. The zero-order chi connectivity index (χ0) is 18.4. The molecule has 1 atom stereocenters. The molecule has 1 aromatic rings. The number of thioether (sulfide) groups is 1. The van der Waals surface area contributed by atoms with Crippen molar-refractivity contribution in [2.75, 3.05) is 19.5 Å². The Morgan fingerprint density at radius 3 is 2.65 bits per heavy atom. The number of hydrogen-bond donors (Lipinski definition) is 2. The first-order valence-corrected chi connectivity index (χ1v) is 8.66. The van der Waals surface area contributed by atoms with Crippen LogP contribution in [-0.2, 0) is 14.3 Å². The molecule has 142 valence electrons. The van der Waals surface area contributed by atoms with Crippen LogP contribution in [0, 0.1) is 0 Å². The summed E-state index contributed by atoms with van der Waals surface area (Å²) in [6.45, 7) is 3.73. The zero-order valence-corrected chi connectivity index (χ0v) is 16.3. The van der Waals surface area contributed by atoms with Crippen molar-refractivity contribution in [3.05, 3.63) is 41.1 Å². The Labute approximate surface area is 162 Å². The molecule has 1 aromatic carbocycles. The average Bonchev–Trinajstić information content (AvgIpc) is 2.59. The van der Waals surface area contributed by atoms with Crippen LogP contribution in [0.25, 0.3) is 0 Å². The van der Waals surface area contributed by atoms with E-state index < -0.39 is 18.0 Å². The summed E-state index contributed by atoms with van der Waals surface area (Å²) >= 11 is 1.06. The van der Waals surface area contributed by atoms with Gasteiger partial charge in [0.1, 0.15) is 11.8 Å². The molecule has 0 radical (unpaired) electrons. The number of amidine groups is 1. The molecule has 0 aromatic heterocycles. The van der Waals surface area contributed by atoms with Crippen molar-refractivity contribution in [1.29, 1.82) is 0 Å². The second kappa shape index (κ2) is 10.1. The molecule has 9 heteroatoms. The largest absolute Gasteiger partial charge is 0.496 e. The second-order valence-electron chi connectivity index (χ2n) is 5.15. The number of rotatable bonds is 6. The highest BCUT2D eigenvalue weighted by atomic mass is 35.5. The van der Waals surface area contributed by atoms with Gasteiger partial charge in [-0.3, -0.25) is 4.79 Å². The van der Waals surface area contributed by atoms with Crippen molar-refractivity contribution in [2.45, 2.75) is 19.9 Å². The number of carbonyl (C=O) groups is 2. The van der Waals surface area contributed by atoms with E-state index in [1.807, 2.05) is 18.2 Å². The smallest absolute Gasteiger partial charge is 0.338 e. The highest BCUT2D eigenvalue weighted by Gasteiger charge is 2.32. The van der Waals surface area contributed by atoms with Crippen molar-refractivity contribution in [1.82, 2.24) is 5.32 Å². The van der Waals surface area contributed by atoms with Crippen molar-refractivity contribution in [2.24, 2.45) is 4.99 Å². The molecular weight excluding hydrogens is 380 g/mol. The molecule has 0 spiro atoms. The van der Waals surface area contributed by atoms with E-state index in [0.717, 1.165) is 11.8 Å². The lowest BCUT2D eigenvalue weighted by Gasteiger charge is -2.26. The molecule has 1 aliphatic heterocycles. The SMILES string of the molecule is CCOC(=O)C1=C(C)NC(SCC(=O)O)=NC1c1ccccc1OC.Cl. The highest BCUT2D eigenvalue weighted by Crippen LogP contribution is 2.37. The summed E-state index contributed by atoms with van der Waals surface area (Å²) in [5.74, 6) is -0.946. The number of aliphatic carboxylic acids is 1. The van der Waals surface area contributed by atoms with E-state index in [1.165, 1.54) is 0 Å². The molecule has 0 aliphatic carbocycles. The number of para-hydroxylation sites is 1. The minimum atomic E-state index is -0.943. The molecular formula is C17H21ClN2O5S. The normalized spacial score (nSPS) is 16.1. The van der Waals surface area contributed by atoms with Crippen LogP contribution in [0.5, 0.6) is 5.75 Å². The molecule has 0 amide bonds. The van der Waals surface area contributed by atoms with Gasteiger partial charge in [0.2, 0.25) is 0 Å². The fourth-order valence-corrected chi connectivity index (χ4v) is 3.11. The van der Waals surface area contributed by atoms with Gasteiger partial charge in [-0.1, -0.05) is 30.0 Å². The van der Waals surface area contributed by atoms with E-state index >= 15 is 0 Å². The standard InChI is InChI=1S/C17H20N2O5S.ClH/c1-4-24-16(22)14-10(2)18-17(25-9-13(20)21)19-15(14)11-7-5-6-8-12(11)23-3;/h5-8,15H,4,9H2,1-3H3,(H,18,19)(H,20,21);1H. The van der Waals surface area contributed by atoms with Crippen LogP contribution in [-0.4, -0.2) is 41.7 Å². The van der Waals surface area contributed by atoms with E-state index in [2.05, 4.69) is 10.3 Å². The number of esters is 1. The molecule has 1 heterocycles. The van der Waals surface area contributed by atoms with Gasteiger partial charge in [0.05, 0.1) is 25.0 Å². The van der Waals surface area contributed by atoms with Gasteiger partial charge >= 0.3 is 11.9 Å². The first-order valence-electron chi connectivity index (χ1n) is 7.68. The predicted molar refractivity (Wildman–Crippen MR) is 103 cm³/mol. The quantitative estimate of drug-likeness (QED) is 0.708. The third kappa shape index (κ3) is 5.15. The Kier molecular flexibility index (Phi) is 8.47.